The smallest absolute Gasteiger partial charge is 0.338 e. The van der Waals surface area contributed by atoms with Gasteiger partial charge in [0.15, 0.2) is 0 Å². The summed E-state index contributed by atoms with van der Waals surface area (Å²) in [5, 5.41) is 3.45. The predicted octanol–water partition coefficient (Wildman–Crippen LogP) is 1.89. The van der Waals surface area contributed by atoms with Crippen LogP contribution in [-0.2, 0) is 9.47 Å². The average Bonchev–Trinajstić information content (AvgIpc) is 2.54. The number of esters is 1. The molecule has 8 heteroatoms. The van der Waals surface area contributed by atoms with Crippen molar-refractivity contribution in [2.24, 2.45) is 5.11 Å². The van der Waals surface area contributed by atoms with Gasteiger partial charge in [0.1, 0.15) is 0 Å². The molecular formula is C13H14N4O4. The average molecular weight is 290 g/mol. The lowest BCUT2D eigenvalue weighted by Crippen LogP contribution is -2.40. The van der Waals surface area contributed by atoms with Crippen molar-refractivity contribution in [2.45, 2.75) is 0 Å². The Kier molecular flexibility index (Phi) is 4.76. The number of hydrogen-bond acceptors (Lipinski definition) is 5. The summed E-state index contributed by atoms with van der Waals surface area (Å²) in [4.78, 5) is 28.2. The SMILES string of the molecule is COC(=O)c1ccc(C(=O)N2CCOCC2)cc1N=[N+]=[N-]. The van der Waals surface area contributed by atoms with Crippen molar-refractivity contribution < 1.29 is 19.1 Å². The quantitative estimate of drug-likeness (QED) is 0.367. The normalized spacial score (nSPS) is 14.2. The van der Waals surface area contributed by atoms with Gasteiger partial charge in [0.05, 0.1) is 31.6 Å². The molecule has 1 saturated heterocycles. The van der Waals surface area contributed by atoms with Crippen molar-refractivity contribution in [3.8, 4) is 0 Å². The van der Waals surface area contributed by atoms with Crippen LogP contribution in [0.25, 0.3) is 10.4 Å². The number of morpholine rings is 1. The molecule has 21 heavy (non-hydrogen) atoms. The van der Waals surface area contributed by atoms with E-state index in [9.17, 15) is 9.59 Å². The summed E-state index contributed by atoms with van der Waals surface area (Å²) in [6.45, 7) is 2.01. The maximum absolute atomic E-state index is 12.3. The number of benzene rings is 1. The van der Waals surface area contributed by atoms with Gasteiger partial charge >= 0.3 is 5.97 Å². The first-order valence-electron chi connectivity index (χ1n) is 6.32. The lowest BCUT2D eigenvalue weighted by atomic mass is 10.1. The van der Waals surface area contributed by atoms with Crippen molar-refractivity contribution in [1.82, 2.24) is 4.90 Å². The Bertz CT molecular complexity index is 604. The number of hydrogen-bond donors (Lipinski definition) is 0. The van der Waals surface area contributed by atoms with Crippen LogP contribution in [0.5, 0.6) is 0 Å². The largest absolute Gasteiger partial charge is 0.465 e. The van der Waals surface area contributed by atoms with E-state index in [1.54, 1.807) is 4.90 Å². The zero-order valence-corrected chi connectivity index (χ0v) is 11.5. The minimum Gasteiger partial charge on any atom is -0.465 e. The lowest BCUT2D eigenvalue weighted by molar-refractivity contribution is 0.0302. The van der Waals surface area contributed by atoms with Gasteiger partial charge in [0.2, 0.25) is 0 Å². The fraction of sp³-hybridized carbons (Fsp3) is 0.385. The van der Waals surface area contributed by atoms with Crippen molar-refractivity contribution in [3.05, 3.63) is 39.8 Å². The highest BCUT2D eigenvalue weighted by Gasteiger charge is 2.20. The Labute approximate surface area is 120 Å². The van der Waals surface area contributed by atoms with Gasteiger partial charge in [-0.1, -0.05) is 5.11 Å². The summed E-state index contributed by atoms with van der Waals surface area (Å²) in [5.41, 5.74) is 9.12. The molecule has 1 aliphatic rings. The number of ether oxygens (including phenoxy) is 2. The molecule has 0 bridgehead atoms. The molecule has 1 fully saturated rings. The van der Waals surface area contributed by atoms with Crippen molar-refractivity contribution in [1.29, 1.82) is 0 Å². The van der Waals surface area contributed by atoms with Crippen molar-refractivity contribution in [2.75, 3.05) is 33.4 Å². The van der Waals surface area contributed by atoms with Gasteiger partial charge in [0, 0.05) is 23.6 Å². The second-order valence-electron chi connectivity index (χ2n) is 4.32. The third-order valence-electron chi connectivity index (χ3n) is 3.10. The van der Waals surface area contributed by atoms with E-state index in [0.717, 1.165) is 0 Å². The third-order valence-corrected chi connectivity index (χ3v) is 3.10. The molecule has 0 spiro atoms. The Morgan fingerprint density at radius 2 is 2.10 bits per heavy atom. The fourth-order valence-electron chi connectivity index (χ4n) is 2.03. The Hall–Kier alpha value is -2.57. The first-order valence-corrected chi connectivity index (χ1v) is 6.32. The summed E-state index contributed by atoms with van der Waals surface area (Å²) < 4.78 is 9.80. The molecule has 110 valence electrons. The van der Waals surface area contributed by atoms with E-state index in [1.165, 1.54) is 25.3 Å². The van der Waals surface area contributed by atoms with Crippen LogP contribution in [0, 0.1) is 0 Å². The van der Waals surface area contributed by atoms with Crippen molar-refractivity contribution in [3.63, 3.8) is 0 Å². The molecule has 0 aromatic heterocycles. The number of amides is 1. The topological polar surface area (TPSA) is 105 Å². The minimum absolute atomic E-state index is 0.0726. The highest BCUT2D eigenvalue weighted by atomic mass is 16.5. The van der Waals surface area contributed by atoms with E-state index in [4.69, 9.17) is 10.3 Å². The molecular weight excluding hydrogens is 276 g/mol. The van der Waals surface area contributed by atoms with Gasteiger partial charge in [-0.3, -0.25) is 4.79 Å². The molecule has 1 heterocycles. The Balaban J connectivity index is 2.32. The number of rotatable bonds is 3. The maximum Gasteiger partial charge on any atom is 0.338 e. The van der Waals surface area contributed by atoms with Crippen LogP contribution >= 0.6 is 0 Å². The van der Waals surface area contributed by atoms with Crippen LogP contribution in [-0.4, -0.2) is 50.2 Å². The number of methoxy groups -OCH3 is 1. The molecule has 0 atom stereocenters. The second kappa shape index (κ2) is 6.74. The van der Waals surface area contributed by atoms with E-state index in [0.29, 0.717) is 31.9 Å². The van der Waals surface area contributed by atoms with Crippen LogP contribution < -0.4 is 0 Å². The summed E-state index contributed by atoms with van der Waals surface area (Å²) in [7, 11) is 1.23. The predicted molar refractivity (Wildman–Crippen MR) is 73.3 cm³/mol. The molecule has 1 amide bonds. The van der Waals surface area contributed by atoms with E-state index < -0.39 is 5.97 Å². The van der Waals surface area contributed by atoms with Gasteiger partial charge in [-0.15, -0.1) is 0 Å². The summed E-state index contributed by atoms with van der Waals surface area (Å²) in [6.07, 6.45) is 0. The van der Waals surface area contributed by atoms with Gasteiger partial charge < -0.3 is 14.4 Å². The molecule has 0 aliphatic carbocycles. The van der Waals surface area contributed by atoms with Crippen LogP contribution in [0.3, 0.4) is 0 Å². The first kappa shape index (κ1) is 14.8. The highest BCUT2D eigenvalue weighted by molar-refractivity contribution is 5.99. The summed E-state index contributed by atoms with van der Waals surface area (Å²) >= 11 is 0. The van der Waals surface area contributed by atoms with Gasteiger partial charge in [-0.2, -0.15) is 0 Å². The number of carbonyl (C=O) groups is 2. The van der Waals surface area contributed by atoms with E-state index in [2.05, 4.69) is 14.8 Å². The molecule has 2 rings (SSSR count). The Morgan fingerprint density at radius 1 is 1.38 bits per heavy atom. The second-order valence-corrected chi connectivity index (χ2v) is 4.32. The molecule has 1 aromatic rings. The standard InChI is InChI=1S/C13H14N4O4/c1-20-13(19)10-3-2-9(8-11(10)15-16-14)12(18)17-4-6-21-7-5-17/h2-3,8H,4-7H2,1H3. The van der Waals surface area contributed by atoms with Crippen LogP contribution in [0.2, 0.25) is 0 Å². The Morgan fingerprint density at radius 3 is 2.71 bits per heavy atom. The molecule has 0 unspecified atom stereocenters. The maximum atomic E-state index is 12.3. The van der Waals surface area contributed by atoms with Crippen LogP contribution in [0.4, 0.5) is 5.69 Å². The number of carbonyl (C=O) groups excluding carboxylic acids is 2. The highest BCUT2D eigenvalue weighted by Crippen LogP contribution is 2.23. The van der Waals surface area contributed by atoms with Gasteiger partial charge in [-0.25, -0.2) is 4.79 Å². The number of azide groups is 1. The molecule has 1 aliphatic heterocycles. The molecule has 0 N–H and O–H groups in total. The molecule has 0 saturated carbocycles. The monoisotopic (exact) mass is 290 g/mol. The van der Waals surface area contributed by atoms with E-state index in [-0.39, 0.29) is 17.2 Å². The van der Waals surface area contributed by atoms with Gasteiger partial charge in [-0.05, 0) is 23.7 Å². The zero-order chi connectivity index (χ0) is 15.2. The minimum atomic E-state index is -0.622. The molecule has 8 nitrogen and oxygen atoms in total. The molecule has 0 radical (unpaired) electrons. The fourth-order valence-corrected chi connectivity index (χ4v) is 2.03. The van der Waals surface area contributed by atoms with Gasteiger partial charge in [0.25, 0.3) is 5.91 Å². The lowest BCUT2D eigenvalue weighted by Gasteiger charge is -2.27. The number of nitrogens with zero attached hydrogens (tertiary/aromatic N) is 4. The third kappa shape index (κ3) is 3.31. The zero-order valence-electron chi connectivity index (χ0n) is 11.5. The van der Waals surface area contributed by atoms with Crippen LogP contribution in [0.15, 0.2) is 23.3 Å². The van der Waals surface area contributed by atoms with Crippen LogP contribution in [0.1, 0.15) is 20.7 Å². The first-order chi connectivity index (χ1) is 10.2. The summed E-state index contributed by atoms with van der Waals surface area (Å²) in [5.74, 6) is -0.813. The molecule has 1 aromatic carbocycles. The van der Waals surface area contributed by atoms with E-state index >= 15 is 0 Å². The summed E-state index contributed by atoms with van der Waals surface area (Å²) in [6, 6.07) is 4.33. The van der Waals surface area contributed by atoms with E-state index in [1.807, 2.05) is 0 Å². The van der Waals surface area contributed by atoms with Crippen molar-refractivity contribution >= 4 is 17.6 Å².